The minimum absolute atomic E-state index is 0.449. The van der Waals surface area contributed by atoms with Gasteiger partial charge in [-0.2, -0.15) is 0 Å². The van der Waals surface area contributed by atoms with Crippen molar-refractivity contribution in [1.29, 1.82) is 0 Å². The summed E-state index contributed by atoms with van der Waals surface area (Å²) in [6.07, 6.45) is 1.15. The van der Waals surface area contributed by atoms with E-state index >= 15 is 0 Å². The van der Waals surface area contributed by atoms with Gasteiger partial charge in [-0.25, -0.2) is 14.8 Å². The molecule has 0 aliphatic heterocycles. The van der Waals surface area contributed by atoms with E-state index in [0.29, 0.717) is 12.4 Å². The first-order valence-corrected chi connectivity index (χ1v) is 7.81. The predicted octanol–water partition coefficient (Wildman–Crippen LogP) is 3.81. The number of hydrogen-bond donors (Lipinski definition) is 2. The molecule has 0 unspecified atom stereocenters. The topological polar surface area (TPSA) is 76.1 Å². The van der Waals surface area contributed by atoms with Crippen LogP contribution in [0.1, 0.15) is 31.5 Å². The molecule has 118 valence electrons. The lowest BCUT2D eigenvalue weighted by molar-refractivity contribution is 0.0635. The summed E-state index contributed by atoms with van der Waals surface area (Å²) < 4.78 is 5.17. The van der Waals surface area contributed by atoms with Gasteiger partial charge in [-0.1, -0.05) is 0 Å². The third kappa shape index (κ3) is 5.33. The van der Waals surface area contributed by atoms with Crippen LogP contribution in [0.2, 0.25) is 0 Å². The fraction of sp³-hybridized carbons (Fsp3) is 0.400. The number of rotatable bonds is 4. The molecule has 2 heterocycles. The third-order valence-corrected chi connectivity index (χ3v) is 3.47. The number of thiazole rings is 1. The van der Waals surface area contributed by atoms with E-state index in [-0.39, 0.29) is 0 Å². The first kappa shape index (κ1) is 16.2. The molecule has 2 aromatic rings. The van der Waals surface area contributed by atoms with Crippen molar-refractivity contribution in [3.05, 3.63) is 34.4 Å². The molecule has 0 fully saturated rings. The van der Waals surface area contributed by atoms with Crippen LogP contribution in [0.3, 0.4) is 0 Å². The van der Waals surface area contributed by atoms with Crippen LogP contribution >= 0.6 is 11.3 Å². The summed E-state index contributed by atoms with van der Waals surface area (Å²) in [6, 6.07) is 3.57. The molecule has 0 aromatic carbocycles. The van der Waals surface area contributed by atoms with Crippen LogP contribution in [0.4, 0.5) is 16.3 Å². The summed E-state index contributed by atoms with van der Waals surface area (Å²) in [4.78, 5) is 20.2. The van der Waals surface area contributed by atoms with Crippen molar-refractivity contribution in [2.75, 3.05) is 10.6 Å². The zero-order valence-electron chi connectivity index (χ0n) is 13.1. The maximum Gasteiger partial charge on any atom is 0.413 e. The van der Waals surface area contributed by atoms with E-state index in [4.69, 9.17) is 4.74 Å². The lowest BCUT2D eigenvalue weighted by Crippen LogP contribution is -2.27. The quantitative estimate of drug-likeness (QED) is 0.896. The minimum Gasteiger partial charge on any atom is -0.444 e. The van der Waals surface area contributed by atoms with Crippen molar-refractivity contribution in [3.8, 4) is 0 Å². The second kappa shape index (κ2) is 6.74. The van der Waals surface area contributed by atoms with Crippen molar-refractivity contribution in [2.24, 2.45) is 0 Å². The van der Waals surface area contributed by atoms with Crippen molar-refractivity contribution in [1.82, 2.24) is 9.97 Å². The predicted molar refractivity (Wildman–Crippen MR) is 88.3 cm³/mol. The number of ether oxygens (including phenoxy) is 1. The molecule has 2 N–H and O–H groups in total. The first-order valence-electron chi connectivity index (χ1n) is 6.93. The molecule has 7 heteroatoms. The van der Waals surface area contributed by atoms with Crippen LogP contribution in [0.5, 0.6) is 0 Å². The smallest absolute Gasteiger partial charge is 0.413 e. The van der Waals surface area contributed by atoms with Crippen LogP contribution in [-0.4, -0.2) is 21.7 Å². The average Bonchev–Trinajstić information content (AvgIpc) is 2.81. The zero-order chi connectivity index (χ0) is 16.2. The second-order valence-corrected chi connectivity index (χ2v) is 6.74. The number of amides is 1. The third-order valence-electron chi connectivity index (χ3n) is 2.50. The number of aromatic nitrogens is 2. The standard InChI is InChI=1S/C15H20N4O2S/c1-10-9-22-13(18-10)8-16-11-5-6-12(17-7-11)19-14(20)21-15(2,3)4/h5-7,9,16H,8H2,1-4H3,(H,17,19,20). The highest BCUT2D eigenvalue weighted by Crippen LogP contribution is 2.15. The van der Waals surface area contributed by atoms with Crippen molar-refractivity contribution in [3.63, 3.8) is 0 Å². The highest BCUT2D eigenvalue weighted by atomic mass is 32.1. The normalized spacial score (nSPS) is 11.1. The molecule has 0 atom stereocenters. The molecule has 0 aliphatic carbocycles. The summed E-state index contributed by atoms with van der Waals surface area (Å²) in [5, 5.41) is 8.87. The number of carbonyl (C=O) groups excluding carboxylic acids is 1. The molecule has 0 saturated carbocycles. The molecular weight excluding hydrogens is 300 g/mol. The molecule has 0 saturated heterocycles. The van der Waals surface area contributed by atoms with Crippen LogP contribution in [-0.2, 0) is 11.3 Å². The number of hydrogen-bond acceptors (Lipinski definition) is 6. The summed E-state index contributed by atoms with van der Waals surface area (Å²) in [5.74, 6) is 0.449. The van der Waals surface area contributed by atoms with E-state index in [0.717, 1.165) is 16.4 Å². The number of nitrogens with zero attached hydrogens (tertiary/aromatic N) is 2. The van der Waals surface area contributed by atoms with Gasteiger partial charge in [0.2, 0.25) is 0 Å². The van der Waals surface area contributed by atoms with Gasteiger partial charge in [-0.15, -0.1) is 11.3 Å². The molecule has 0 aliphatic rings. The largest absolute Gasteiger partial charge is 0.444 e. The van der Waals surface area contributed by atoms with Crippen LogP contribution in [0, 0.1) is 6.92 Å². The SMILES string of the molecule is Cc1csc(CNc2ccc(NC(=O)OC(C)(C)C)nc2)n1. The summed E-state index contributed by atoms with van der Waals surface area (Å²) >= 11 is 1.62. The molecule has 22 heavy (non-hydrogen) atoms. The lowest BCUT2D eigenvalue weighted by atomic mass is 10.2. The van der Waals surface area contributed by atoms with Gasteiger partial charge in [-0.05, 0) is 39.8 Å². The van der Waals surface area contributed by atoms with Gasteiger partial charge in [0, 0.05) is 11.1 Å². The fourth-order valence-electron chi connectivity index (χ4n) is 1.64. The van der Waals surface area contributed by atoms with Crippen molar-refractivity contribution < 1.29 is 9.53 Å². The summed E-state index contributed by atoms with van der Waals surface area (Å²) in [7, 11) is 0. The van der Waals surface area contributed by atoms with E-state index < -0.39 is 11.7 Å². The molecule has 6 nitrogen and oxygen atoms in total. The van der Waals surface area contributed by atoms with Gasteiger partial charge < -0.3 is 10.1 Å². The Morgan fingerprint density at radius 1 is 1.36 bits per heavy atom. The van der Waals surface area contributed by atoms with E-state index in [9.17, 15) is 4.79 Å². The van der Waals surface area contributed by atoms with E-state index in [1.807, 2.05) is 39.1 Å². The van der Waals surface area contributed by atoms with Crippen molar-refractivity contribution >= 4 is 28.9 Å². The summed E-state index contributed by atoms with van der Waals surface area (Å²) in [6.45, 7) is 8.06. The van der Waals surface area contributed by atoms with Gasteiger partial charge in [0.25, 0.3) is 0 Å². The lowest BCUT2D eigenvalue weighted by Gasteiger charge is -2.19. The number of nitrogens with one attached hydrogen (secondary N) is 2. The number of pyridine rings is 1. The van der Waals surface area contributed by atoms with Gasteiger partial charge >= 0.3 is 6.09 Å². The number of anilines is 2. The maximum atomic E-state index is 11.6. The Morgan fingerprint density at radius 3 is 2.68 bits per heavy atom. The molecular formula is C15H20N4O2S. The molecule has 0 radical (unpaired) electrons. The van der Waals surface area contributed by atoms with E-state index in [1.54, 1.807) is 23.6 Å². The maximum absolute atomic E-state index is 11.6. The van der Waals surface area contributed by atoms with Gasteiger partial charge in [-0.3, -0.25) is 5.32 Å². The second-order valence-electron chi connectivity index (χ2n) is 5.80. The van der Waals surface area contributed by atoms with E-state index in [2.05, 4.69) is 20.6 Å². The Bertz CT molecular complexity index is 632. The Morgan fingerprint density at radius 2 is 2.14 bits per heavy atom. The molecule has 2 aromatic heterocycles. The fourth-order valence-corrected chi connectivity index (χ4v) is 2.35. The monoisotopic (exact) mass is 320 g/mol. The van der Waals surface area contributed by atoms with Gasteiger partial charge in [0.05, 0.1) is 18.4 Å². The number of carbonyl (C=O) groups is 1. The minimum atomic E-state index is -0.530. The first-order chi connectivity index (χ1) is 10.3. The Kier molecular flexibility index (Phi) is 4.97. The highest BCUT2D eigenvalue weighted by Gasteiger charge is 2.16. The average molecular weight is 320 g/mol. The molecule has 0 bridgehead atoms. The molecule has 2 rings (SSSR count). The molecule has 0 spiro atoms. The Balaban J connectivity index is 1.86. The van der Waals surface area contributed by atoms with Gasteiger partial charge in [0.15, 0.2) is 0 Å². The van der Waals surface area contributed by atoms with Crippen molar-refractivity contribution in [2.45, 2.75) is 39.8 Å². The zero-order valence-corrected chi connectivity index (χ0v) is 14.0. The Hall–Kier alpha value is -2.15. The summed E-state index contributed by atoms with van der Waals surface area (Å²) in [5.41, 5.74) is 1.36. The number of aryl methyl sites for hydroxylation is 1. The van der Waals surface area contributed by atoms with Gasteiger partial charge in [0.1, 0.15) is 16.4 Å². The molecule has 1 amide bonds. The van der Waals surface area contributed by atoms with Crippen LogP contribution in [0.15, 0.2) is 23.7 Å². The Labute approximate surface area is 133 Å². The highest BCUT2D eigenvalue weighted by molar-refractivity contribution is 7.09. The van der Waals surface area contributed by atoms with Crippen LogP contribution < -0.4 is 10.6 Å². The van der Waals surface area contributed by atoms with E-state index in [1.165, 1.54) is 0 Å². The van der Waals surface area contributed by atoms with Crippen LogP contribution in [0.25, 0.3) is 0 Å².